The van der Waals surface area contributed by atoms with Crippen molar-refractivity contribution in [1.82, 2.24) is 30.0 Å². The van der Waals surface area contributed by atoms with E-state index in [9.17, 15) is 4.79 Å². The summed E-state index contributed by atoms with van der Waals surface area (Å²) in [7, 11) is 0. The number of hydrogen-bond donors (Lipinski definition) is 1. The summed E-state index contributed by atoms with van der Waals surface area (Å²) >= 11 is 14.6. The minimum Gasteiger partial charge on any atom is -0.476 e. The molecular formula is C21H19BrCl2N6O2. The molecule has 0 bridgehead atoms. The van der Waals surface area contributed by atoms with E-state index in [1.165, 1.54) is 10.4 Å². The zero-order chi connectivity index (χ0) is 22.9. The molecule has 8 nitrogen and oxygen atoms in total. The van der Waals surface area contributed by atoms with Crippen molar-refractivity contribution in [3.05, 3.63) is 92.4 Å². The first kappa shape index (κ1) is 23.9. The predicted octanol–water partition coefficient (Wildman–Crippen LogP) is 4.81. The van der Waals surface area contributed by atoms with E-state index in [1.54, 1.807) is 4.80 Å². The summed E-state index contributed by atoms with van der Waals surface area (Å²) < 4.78 is 0.595. The zero-order valence-corrected chi connectivity index (χ0v) is 19.9. The van der Waals surface area contributed by atoms with Gasteiger partial charge in [0.1, 0.15) is 0 Å². The van der Waals surface area contributed by atoms with E-state index in [-0.39, 0.29) is 10.8 Å². The second-order valence-electron chi connectivity index (χ2n) is 6.59. The van der Waals surface area contributed by atoms with Crippen LogP contribution in [-0.2, 0) is 25.9 Å². The lowest BCUT2D eigenvalue weighted by Gasteiger charge is -1.99. The summed E-state index contributed by atoms with van der Waals surface area (Å²) in [6.07, 6.45) is 1.63. The summed E-state index contributed by atoms with van der Waals surface area (Å²) in [5.41, 5.74) is 2.19. The standard InChI is InChI=1S/C11H10ClN3O2.C10H9BrClN3/c12-10-9(11(16)17)13-15(14-10)7-6-8-4-2-1-3-5-8;11-9-10(12)14-15(13-9)7-6-8-4-2-1-3-5-8/h1-5H,6-7H2,(H,16,17);1-5H,6-7H2. The number of benzene rings is 2. The topological polar surface area (TPSA) is 98.7 Å². The van der Waals surface area contributed by atoms with Gasteiger partial charge in [0, 0.05) is 0 Å². The van der Waals surface area contributed by atoms with Crippen LogP contribution in [0.5, 0.6) is 0 Å². The summed E-state index contributed by atoms with van der Waals surface area (Å²) in [5.74, 6) is -1.17. The van der Waals surface area contributed by atoms with E-state index in [0.717, 1.165) is 24.9 Å². The second kappa shape index (κ2) is 11.8. The van der Waals surface area contributed by atoms with Gasteiger partial charge >= 0.3 is 5.97 Å². The number of aryl methyl sites for hydroxylation is 4. The number of carboxylic acids is 1. The van der Waals surface area contributed by atoms with Crippen LogP contribution in [0.1, 0.15) is 21.6 Å². The fraction of sp³-hybridized carbons (Fsp3) is 0.190. The van der Waals surface area contributed by atoms with Crippen molar-refractivity contribution >= 4 is 45.1 Å². The third kappa shape index (κ3) is 7.15. The molecule has 11 heteroatoms. The number of carbonyl (C=O) groups is 1. The molecule has 0 aliphatic rings. The maximum absolute atomic E-state index is 10.7. The summed E-state index contributed by atoms with van der Waals surface area (Å²) in [6, 6.07) is 20.0. The van der Waals surface area contributed by atoms with Gasteiger partial charge in [-0.25, -0.2) is 4.79 Å². The summed E-state index contributed by atoms with van der Waals surface area (Å²) in [4.78, 5) is 13.6. The molecule has 0 aliphatic heterocycles. The lowest BCUT2D eigenvalue weighted by atomic mass is 10.2. The normalized spacial score (nSPS) is 10.5. The number of aromatic nitrogens is 6. The second-order valence-corrected chi connectivity index (χ2v) is 8.06. The molecule has 2 aromatic heterocycles. The van der Waals surface area contributed by atoms with Crippen LogP contribution in [0.3, 0.4) is 0 Å². The maximum Gasteiger partial charge on any atom is 0.359 e. The van der Waals surface area contributed by atoms with Crippen molar-refractivity contribution in [2.45, 2.75) is 25.9 Å². The molecule has 0 unspecified atom stereocenters. The molecule has 0 saturated heterocycles. The van der Waals surface area contributed by atoms with Gasteiger partial charge in [-0.05, 0) is 39.9 Å². The molecule has 0 atom stereocenters. The van der Waals surface area contributed by atoms with Gasteiger partial charge in [-0.15, -0.1) is 20.4 Å². The third-order valence-corrected chi connectivity index (χ3v) is 5.55. The molecular weight excluding hydrogens is 519 g/mol. The first-order valence-corrected chi connectivity index (χ1v) is 11.1. The van der Waals surface area contributed by atoms with Crippen LogP contribution in [0.25, 0.3) is 0 Å². The highest BCUT2D eigenvalue weighted by atomic mass is 79.9. The van der Waals surface area contributed by atoms with Crippen molar-refractivity contribution in [2.75, 3.05) is 0 Å². The number of rotatable bonds is 7. The molecule has 0 radical (unpaired) electrons. The minimum atomic E-state index is -1.17. The van der Waals surface area contributed by atoms with Gasteiger partial charge in [-0.2, -0.15) is 9.59 Å². The Hall–Kier alpha value is -2.75. The van der Waals surface area contributed by atoms with Crippen molar-refractivity contribution in [3.63, 3.8) is 0 Å². The predicted molar refractivity (Wildman–Crippen MR) is 125 cm³/mol. The summed E-state index contributed by atoms with van der Waals surface area (Å²) in [6.45, 7) is 1.23. The number of nitrogens with zero attached hydrogens (tertiary/aromatic N) is 6. The molecule has 0 amide bonds. The van der Waals surface area contributed by atoms with Crippen molar-refractivity contribution in [3.8, 4) is 0 Å². The average molecular weight is 538 g/mol. The quantitative estimate of drug-likeness (QED) is 0.363. The van der Waals surface area contributed by atoms with Crippen LogP contribution in [0.2, 0.25) is 10.3 Å². The maximum atomic E-state index is 10.7. The van der Waals surface area contributed by atoms with Crippen LogP contribution in [0.4, 0.5) is 0 Å². The van der Waals surface area contributed by atoms with E-state index >= 15 is 0 Å². The van der Waals surface area contributed by atoms with Crippen LogP contribution in [0, 0.1) is 0 Å². The van der Waals surface area contributed by atoms with E-state index in [2.05, 4.69) is 48.5 Å². The van der Waals surface area contributed by atoms with Gasteiger partial charge in [0.25, 0.3) is 0 Å². The van der Waals surface area contributed by atoms with Gasteiger partial charge in [-0.1, -0.05) is 83.9 Å². The molecule has 0 aliphatic carbocycles. The van der Waals surface area contributed by atoms with Crippen molar-refractivity contribution in [1.29, 1.82) is 0 Å². The number of carboxylic acid groups (broad SMARTS) is 1. The van der Waals surface area contributed by atoms with Crippen molar-refractivity contribution in [2.24, 2.45) is 0 Å². The Morgan fingerprint density at radius 1 is 0.781 bits per heavy atom. The highest BCUT2D eigenvalue weighted by Gasteiger charge is 2.15. The Morgan fingerprint density at radius 3 is 1.66 bits per heavy atom. The Labute approximate surface area is 202 Å². The van der Waals surface area contributed by atoms with Crippen LogP contribution >= 0.6 is 39.1 Å². The average Bonchev–Trinajstić information content (AvgIpc) is 3.34. The fourth-order valence-electron chi connectivity index (χ4n) is 2.71. The van der Waals surface area contributed by atoms with Gasteiger partial charge in [-0.3, -0.25) is 0 Å². The number of hydrogen-bond acceptors (Lipinski definition) is 5. The zero-order valence-electron chi connectivity index (χ0n) is 16.8. The highest BCUT2D eigenvalue weighted by molar-refractivity contribution is 9.10. The first-order valence-electron chi connectivity index (χ1n) is 9.60. The Morgan fingerprint density at radius 2 is 1.25 bits per heavy atom. The smallest absolute Gasteiger partial charge is 0.359 e. The van der Waals surface area contributed by atoms with E-state index in [4.69, 9.17) is 28.3 Å². The van der Waals surface area contributed by atoms with E-state index in [0.29, 0.717) is 16.3 Å². The minimum absolute atomic E-state index is 0.0782. The molecule has 1 N–H and O–H groups in total. The molecule has 0 saturated carbocycles. The van der Waals surface area contributed by atoms with E-state index < -0.39 is 5.97 Å². The highest BCUT2D eigenvalue weighted by Crippen LogP contribution is 2.16. The third-order valence-electron chi connectivity index (χ3n) is 4.28. The van der Waals surface area contributed by atoms with Crippen LogP contribution < -0.4 is 0 Å². The Bertz CT molecular complexity index is 1130. The van der Waals surface area contributed by atoms with Crippen LogP contribution in [-0.4, -0.2) is 41.1 Å². The number of halogens is 3. The molecule has 0 fully saturated rings. The lowest BCUT2D eigenvalue weighted by molar-refractivity contribution is 0.0689. The SMILES string of the molecule is Clc1nn(CCc2ccccc2)nc1Br.O=C(O)c1nn(CCc2ccccc2)nc1Cl. The molecule has 2 heterocycles. The van der Waals surface area contributed by atoms with Crippen LogP contribution in [0.15, 0.2) is 65.3 Å². The Kier molecular flexibility index (Phi) is 8.78. The lowest BCUT2D eigenvalue weighted by Crippen LogP contribution is -2.06. The molecule has 0 spiro atoms. The molecule has 2 aromatic carbocycles. The molecule has 4 rings (SSSR count). The monoisotopic (exact) mass is 536 g/mol. The molecule has 166 valence electrons. The fourth-order valence-corrected chi connectivity index (χ4v) is 3.31. The van der Waals surface area contributed by atoms with Gasteiger partial charge in [0.2, 0.25) is 5.69 Å². The van der Waals surface area contributed by atoms with Gasteiger partial charge in [0.15, 0.2) is 14.9 Å². The van der Waals surface area contributed by atoms with Gasteiger partial charge in [0.05, 0.1) is 13.1 Å². The van der Waals surface area contributed by atoms with Gasteiger partial charge < -0.3 is 5.11 Å². The molecule has 32 heavy (non-hydrogen) atoms. The number of aromatic carboxylic acids is 1. The first-order chi connectivity index (χ1) is 15.4. The summed E-state index contributed by atoms with van der Waals surface area (Å²) in [5, 5.41) is 24.9. The molecule has 4 aromatic rings. The Balaban J connectivity index is 0.000000182. The van der Waals surface area contributed by atoms with Crippen molar-refractivity contribution < 1.29 is 9.90 Å². The largest absolute Gasteiger partial charge is 0.476 e. The van der Waals surface area contributed by atoms with E-state index in [1.807, 2.05) is 48.5 Å².